The van der Waals surface area contributed by atoms with E-state index < -0.39 is 10.0 Å². The van der Waals surface area contributed by atoms with E-state index in [0.717, 1.165) is 37.3 Å². The summed E-state index contributed by atoms with van der Waals surface area (Å²) < 4.78 is 34.4. The number of hydrogen-bond acceptors (Lipinski definition) is 7. The van der Waals surface area contributed by atoms with Crippen molar-refractivity contribution in [1.29, 1.82) is 0 Å². The van der Waals surface area contributed by atoms with Crippen LogP contribution in [0, 0.1) is 6.92 Å². The molecule has 4 aromatic rings. The maximum atomic E-state index is 13.1. The maximum Gasteiger partial charge on any atom is 0.261 e. The molecular formula is C29H31N5O3S. The first kappa shape index (κ1) is 25.6. The first-order valence-corrected chi connectivity index (χ1v) is 13.9. The van der Waals surface area contributed by atoms with Crippen LogP contribution in [-0.4, -0.2) is 46.7 Å². The Morgan fingerprint density at radius 2 is 1.66 bits per heavy atom. The SMILES string of the molecule is COc1cc(-c2cc(-c3ccc(N4CCNCC4)cc3)cnc2N)cc(NS(=O)(=O)c2ccccc2)c1C. The first-order chi connectivity index (χ1) is 18.4. The van der Waals surface area contributed by atoms with Gasteiger partial charge in [-0.05, 0) is 60.5 Å². The third-order valence-electron chi connectivity index (χ3n) is 6.79. The van der Waals surface area contributed by atoms with Gasteiger partial charge in [0.1, 0.15) is 11.6 Å². The average molecular weight is 530 g/mol. The molecule has 0 aliphatic carbocycles. The maximum absolute atomic E-state index is 13.1. The number of aromatic nitrogens is 1. The minimum atomic E-state index is -3.79. The molecule has 1 fully saturated rings. The van der Waals surface area contributed by atoms with Crippen LogP contribution in [0.5, 0.6) is 5.75 Å². The van der Waals surface area contributed by atoms with Gasteiger partial charge in [-0.25, -0.2) is 13.4 Å². The number of ether oxygens (including phenoxy) is 1. The van der Waals surface area contributed by atoms with Crippen LogP contribution in [0.1, 0.15) is 5.56 Å². The highest BCUT2D eigenvalue weighted by molar-refractivity contribution is 7.92. The molecule has 8 nitrogen and oxygen atoms in total. The summed E-state index contributed by atoms with van der Waals surface area (Å²) in [6, 6.07) is 22.3. The number of nitrogens with one attached hydrogen (secondary N) is 2. The van der Waals surface area contributed by atoms with E-state index in [9.17, 15) is 8.42 Å². The number of rotatable bonds is 7. The lowest BCUT2D eigenvalue weighted by molar-refractivity contribution is 0.412. The third-order valence-corrected chi connectivity index (χ3v) is 8.17. The van der Waals surface area contributed by atoms with Crippen molar-refractivity contribution in [2.75, 3.05) is 48.6 Å². The first-order valence-electron chi connectivity index (χ1n) is 12.4. The molecule has 1 aliphatic rings. The molecule has 3 aromatic carbocycles. The zero-order chi connectivity index (χ0) is 26.7. The Kier molecular flexibility index (Phi) is 7.22. The van der Waals surface area contributed by atoms with Crippen molar-refractivity contribution in [3.8, 4) is 28.0 Å². The van der Waals surface area contributed by atoms with Crippen LogP contribution < -0.4 is 25.4 Å². The highest BCUT2D eigenvalue weighted by atomic mass is 32.2. The van der Waals surface area contributed by atoms with Crippen molar-refractivity contribution in [3.63, 3.8) is 0 Å². The third kappa shape index (κ3) is 5.29. The number of nitrogens with zero attached hydrogens (tertiary/aromatic N) is 2. The van der Waals surface area contributed by atoms with Crippen molar-refractivity contribution >= 4 is 27.2 Å². The second-order valence-corrected chi connectivity index (χ2v) is 10.9. The molecule has 0 amide bonds. The highest BCUT2D eigenvalue weighted by Gasteiger charge is 2.19. The van der Waals surface area contributed by atoms with E-state index in [1.54, 1.807) is 49.7 Å². The van der Waals surface area contributed by atoms with Crippen molar-refractivity contribution in [3.05, 3.63) is 84.6 Å². The lowest BCUT2D eigenvalue weighted by Crippen LogP contribution is -2.43. The fraction of sp³-hybridized carbons (Fsp3) is 0.207. The number of nitrogen functional groups attached to an aromatic ring is 1. The van der Waals surface area contributed by atoms with E-state index >= 15 is 0 Å². The van der Waals surface area contributed by atoms with Gasteiger partial charge in [0.25, 0.3) is 10.0 Å². The van der Waals surface area contributed by atoms with Gasteiger partial charge in [-0.15, -0.1) is 0 Å². The summed E-state index contributed by atoms with van der Waals surface area (Å²) in [5.74, 6) is 0.882. The number of sulfonamides is 1. The molecule has 38 heavy (non-hydrogen) atoms. The van der Waals surface area contributed by atoms with Crippen LogP contribution in [0.4, 0.5) is 17.2 Å². The minimum Gasteiger partial charge on any atom is -0.496 e. The second kappa shape index (κ2) is 10.7. The van der Waals surface area contributed by atoms with Crippen LogP contribution >= 0.6 is 0 Å². The molecule has 0 unspecified atom stereocenters. The Morgan fingerprint density at radius 3 is 2.34 bits per heavy atom. The Labute approximate surface area is 223 Å². The Morgan fingerprint density at radius 1 is 0.947 bits per heavy atom. The quantitative estimate of drug-likeness (QED) is 0.323. The van der Waals surface area contributed by atoms with Crippen LogP contribution in [0.2, 0.25) is 0 Å². The fourth-order valence-electron chi connectivity index (χ4n) is 4.62. The number of pyridine rings is 1. The fourth-order valence-corrected chi connectivity index (χ4v) is 5.75. The van der Waals surface area contributed by atoms with Gasteiger partial charge in [0, 0.05) is 54.8 Å². The zero-order valence-corrected chi connectivity index (χ0v) is 22.3. The van der Waals surface area contributed by atoms with E-state index in [1.165, 1.54) is 5.69 Å². The van der Waals surface area contributed by atoms with Gasteiger partial charge in [0.2, 0.25) is 0 Å². The number of hydrogen-bond donors (Lipinski definition) is 3. The van der Waals surface area contributed by atoms with E-state index in [0.29, 0.717) is 33.9 Å². The van der Waals surface area contributed by atoms with E-state index in [-0.39, 0.29) is 4.90 Å². The molecule has 0 bridgehead atoms. The molecule has 9 heteroatoms. The summed E-state index contributed by atoms with van der Waals surface area (Å²) >= 11 is 0. The normalized spacial score (nSPS) is 13.8. The molecule has 1 saturated heterocycles. The summed E-state index contributed by atoms with van der Waals surface area (Å²) in [5.41, 5.74) is 11.9. The Hall–Kier alpha value is -4.08. The lowest BCUT2D eigenvalue weighted by Gasteiger charge is -2.29. The van der Waals surface area contributed by atoms with E-state index in [1.807, 2.05) is 19.1 Å². The minimum absolute atomic E-state index is 0.177. The lowest BCUT2D eigenvalue weighted by atomic mass is 9.98. The topological polar surface area (TPSA) is 110 Å². The largest absolute Gasteiger partial charge is 0.496 e. The molecular weight excluding hydrogens is 498 g/mol. The molecule has 4 N–H and O–H groups in total. The van der Waals surface area contributed by atoms with Gasteiger partial charge in [0.15, 0.2) is 0 Å². The van der Waals surface area contributed by atoms with Gasteiger partial charge < -0.3 is 20.7 Å². The van der Waals surface area contributed by atoms with Crippen LogP contribution in [0.15, 0.2) is 83.9 Å². The van der Waals surface area contributed by atoms with Crippen LogP contribution in [-0.2, 0) is 10.0 Å². The molecule has 0 radical (unpaired) electrons. The smallest absolute Gasteiger partial charge is 0.261 e. The highest BCUT2D eigenvalue weighted by Crippen LogP contribution is 2.37. The molecule has 196 valence electrons. The zero-order valence-electron chi connectivity index (χ0n) is 21.4. The van der Waals surface area contributed by atoms with Gasteiger partial charge in [-0.3, -0.25) is 4.72 Å². The Balaban J connectivity index is 1.50. The number of piperazine rings is 1. The number of nitrogens with two attached hydrogens (primary N) is 1. The second-order valence-electron chi connectivity index (χ2n) is 9.21. The summed E-state index contributed by atoms with van der Waals surface area (Å²) in [4.78, 5) is 7.00. The molecule has 1 aliphatic heterocycles. The van der Waals surface area contributed by atoms with Gasteiger partial charge in [-0.1, -0.05) is 30.3 Å². The van der Waals surface area contributed by atoms with Crippen molar-refractivity contribution in [2.24, 2.45) is 0 Å². The van der Waals surface area contributed by atoms with Crippen molar-refractivity contribution < 1.29 is 13.2 Å². The molecule has 5 rings (SSSR count). The van der Waals surface area contributed by atoms with Crippen molar-refractivity contribution in [1.82, 2.24) is 10.3 Å². The van der Waals surface area contributed by atoms with Gasteiger partial charge in [0.05, 0.1) is 17.7 Å². The monoisotopic (exact) mass is 529 g/mol. The molecule has 1 aromatic heterocycles. The summed E-state index contributed by atoms with van der Waals surface area (Å²) in [6.07, 6.45) is 1.75. The number of benzene rings is 3. The average Bonchev–Trinajstić information content (AvgIpc) is 2.95. The van der Waals surface area contributed by atoms with E-state index in [4.69, 9.17) is 10.5 Å². The standard InChI is InChI=1S/C29H31N5O3S/c1-20-27(33-38(35,36)25-6-4-3-5-7-25)17-22(18-28(20)37-2)26-16-23(19-32-29(26)30)21-8-10-24(11-9-21)34-14-12-31-13-15-34/h3-11,16-19,31,33H,12-15H2,1-2H3,(H2,30,32). The Bertz CT molecular complexity index is 1530. The van der Waals surface area contributed by atoms with Gasteiger partial charge >= 0.3 is 0 Å². The predicted molar refractivity (Wildman–Crippen MR) is 153 cm³/mol. The summed E-state index contributed by atoms with van der Waals surface area (Å²) in [6.45, 7) is 5.74. The van der Waals surface area contributed by atoms with Crippen LogP contribution in [0.25, 0.3) is 22.3 Å². The number of methoxy groups -OCH3 is 1. The molecule has 0 spiro atoms. The summed E-state index contributed by atoms with van der Waals surface area (Å²) in [7, 11) is -2.24. The van der Waals surface area contributed by atoms with Crippen molar-refractivity contribution in [2.45, 2.75) is 11.8 Å². The molecule has 0 saturated carbocycles. The predicted octanol–water partition coefficient (Wildman–Crippen LogP) is 4.53. The van der Waals surface area contributed by atoms with Gasteiger partial charge in [-0.2, -0.15) is 0 Å². The molecule has 0 atom stereocenters. The summed E-state index contributed by atoms with van der Waals surface area (Å²) in [5, 5.41) is 3.38. The number of anilines is 3. The van der Waals surface area contributed by atoms with E-state index in [2.05, 4.69) is 44.2 Å². The molecule has 2 heterocycles. The van der Waals surface area contributed by atoms with Crippen LogP contribution in [0.3, 0.4) is 0 Å².